The molecule has 158 valence electrons. The molecule has 2 unspecified atom stereocenters. The highest BCUT2D eigenvalue weighted by atomic mass is 16.5. The van der Waals surface area contributed by atoms with Crippen LogP contribution < -0.4 is 20.5 Å². The number of hydrogen-bond acceptors (Lipinski definition) is 6. The van der Waals surface area contributed by atoms with Crippen molar-refractivity contribution in [2.45, 2.75) is 26.0 Å². The molecule has 0 aliphatic heterocycles. The molecule has 0 radical (unpaired) electrons. The number of primary amides is 1. The molecule has 0 heterocycles. The number of nitrogens with two attached hydrogens (primary N) is 1. The molecular formula is C22H30N2O5. The minimum atomic E-state index is -0.801. The summed E-state index contributed by atoms with van der Waals surface area (Å²) in [6.45, 7) is 5.98. The molecule has 2 aromatic rings. The molecule has 29 heavy (non-hydrogen) atoms. The Balaban J connectivity index is 1.87. The number of aliphatic hydroxyl groups is 1. The lowest BCUT2D eigenvalue weighted by Crippen LogP contribution is -2.35. The largest absolute Gasteiger partial charge is 0.492 e. The summed E-state index contributed by atoms with van der Waals surface area (Å²) < 4.78 is 16.5. The first-order chi connectivity index (χ1) is 14.0. The van der Waals surface area contributed by atoms with Crippen molar-refractivity contribution in [1.29, 1.82) is 0 Å². The Morgan fingerprint density at radius 1 is 1.14 bits per heavy atom. The minimum Gasteiger partial charge on any atom is -0.492 e. The number of aliphatic hydroxyl groups excluding tert-OH is 1. The molecule has 2 rings (SSSR count). The van der Waals surface area contributed by atoms with Gasteiger partial charge in [0.05, 0.1) is 18.3 Å². The van der Waals surface area contributed by atoms with E-state index >= 15 is 0 Å². The van der Waals surface area contributed by atoms with Crippen LogP contribution in [0.5, 0.6) is 11.5 Å². The van der Waals surface area contributed by atoms with Gasteiger partial charge in [0.25, 0.3) is 5.91 Å². The van der Waals surface area contributed by atoms with Crippen molar-refractivity contribution in [2.24, 2.45) is 5.73 Å². The normalized spacial score (nSPS) is 12.9. The van der Waals surface area contributed by atoms with Crippen LogP contribution in [-0.2, 0) is 4.74 Å². The van der Waals surface area contributed by atoms with Gasteiger partial charge in [-0.3, -0.25) is 4.79 Å². The third-order valence-electron chi connectivity index (χ3n) is 4.25. The van der Waals surface area contributed by atoms with E-state index < -0.39 is 12.0 Å². The number of amides is 1. The number of nitrogens with one attached hydrogen (secondary N) is 1. The number of rotatable bonds is 13. The number of ether oxygens (including phenoxy) is 3. The van der Waals surface area contributed by atoms with Crippen LogP contribution >= 0.6 is 0 Å². The summed E-state index contributed by atoms with van der Waals surface area (Å²) in [5, 5.41) is 13.7. The summed E-state index contributed by atoms with van der Waals surface area (Å²) in [7, 11) is 0. The average Bonchev–Trinajstić information content (AvgIpc) is 2.74. The minimum absolute atomic E-state index is 0.0293. The molecule has 2 atom stereocenters. The van der Waals surface area contributed by atoms with Crippen LogP contribution in [0.4, 0.5) is 0 Å². The third kappa shape index (κ3) is 7.73. The Kier molecular flexibility index (Phi) is 9.43. The molecule has 7 nitrogen and oxygen atoms in total. The van der Waals surface area contributed by atoms with Crippen LogP contribution in [0, 0.1) is 0 Å². The fraction of sp³-hybridized carbons (Fsp3) is 0.409. The molecule has 2 aromatic carbocycles. The van der Waals surface area contributed by atoms with E-state index in [9.17, 15) is 9.90 Å². The number of carbonyl (C=O) groups excluding carboxylic acids is 1. The van der Waals surface area contributed by atoms with Gasteiger partial charge < -0.3 is 30.4 Å². The lowest BCUT2D eigenvalue weighted by atomic mass is 10.0. The summed E-state index contributed by atoms with van der Waals surface area (Å²) in [5.74, 6) is 0.571. The van der Waals surface area contributed by atoms with E-state index in [0.717, 1.165) is 5.75 Å². The maximum atomic E-state index is 11.8. The zero-order valence-corrected chi connectivity index (χ0v) is 17.0. The molecule has 0 bridgehead atoms. The number of hydrogen-bond donors (Lipinski definition) is 3. The zero-order valence-electron chi connectivity index (χ0n) is 17.0. The first-order valence-electron chi connectivity index (χ1n) is 9.74. The van der Waals surface area contributed by atoms with Gasteiger partial charge in [0.15, 0.2) is 0 Å². The fourth-order valence-electron chi connectivity index (χ4n) is 2.66. The van der Waals surface area contributed by atoms with Crippen LogP contribution in [0.1, 0.15) is 35.9 Å². The van der Waals surface area contributed by atoms with Crippen molar-refractivity contribution < 1.29 is 24.1 Å². The van der Waals surface area contributed by atoms with Crippen LogP contribution in [-0.4, -0.2) is 50.0 Å². The zero-order chi connectivity index (χ0) is 21.1. The predicted molar refractivity (Wildman–Crippen MR) is 111 cm³/mol. The molecule has 0 aromatic heterocycles. The lowest BCUT2D eigenvalue weighted by molar-refractivity contribution is 0.0978. The van der Waals surface area contributed by atoms with Crippen molar-refractivity contribution >= 4 is 5.91 Å². The number of carbonyl (C=O) groups is 1. The molecular weight excluding hydrogens is 372 g/mol. The van der Waals surface area contributed by atoms with E-state index in [1.54, 1.807) is 18.2 Å². The maximum Gasteiger partial charge on any atom is 0.252 e. The second-order valence-corrected chi connectivity index (χ2v) is 6.61. The second-order valence-electron chi connectivity index (χ2n) is 6.61. The van der Waals surface area contributed by atoms with Crippen molar-refractivity contribution in [3.63, 3.8) is 0 Å². The van der Waals surface area contributed by atoms with Gasteiger partial charge in [-0.25, -0.2) is 0 Å². The Labute approximate surface area is 171 Å². The molecule has 7 heteroatoms. The smallest absolute Gasteiger partial charge is 0.252 e. The molecule has 0 saturated carbocycles. The van der Waals surface area contributed by atoms with Crippen LogP contribution in [0.2, 0.25) is 0 Å². The SMILES string of the molecule is CCOCCOc1ccc(C(O)CNC(C)COc2ccccc2)cc1C(N)=O. The molecule has 0 spiro atoms. The summed E-state index contributed by atoms with van der Waals surface area (Å²) >= 11 is 0. The van der Waals surface area contributed by atoms with Gasteiger partial charge in [0.2, 0.25) is 0 Å². The number of benzene rings is 2. The van der Waals surface area contributed by atoms with Gasteiger partial charge in [0.1, 0.15) is 24.7 Å². The van der Waals surface area contributed by atoms with E-state index in [4.69, 9.17) is 19.9 Å². The predicted octanol–water partition coefficient (Wildman–Crippen LogP) is 2.29. The number of para-hydroxylation sites is 1. The van der Waals surface area contributed by atoms with Crippen molar-refractivity contribution in [3.8, 4) is 11.5 Å². The van der Waals surface area contributed by atoms with Gasteiger partial charge in [-0.05, 0) is 43.7 Å². The van der Waals surface area contributed by atoms with Gasteiger partial charge in [0, 0.05) is 19.2 Å². The molecule has 0 saturated heterocycles. The van der Waals surface area contributed by atoms with Crippen LogP contribution in [0.25, 0.3) is 0 Å². The van der Waals surface area contributed by atoms with Gasteiger partial charge in [-0.1, -0.05) is 24.3 Å². The second kappa shape index (κ2) is 12.1. The summed E-state index contributed by atoms with van der Waals surface area (Å²) in [6.07, 6.45) is -0.801. The van der Waals surface area contributed by atoms with Crippen molar-refractivity contribution in [2.75, 3.05) is 33.0 Å². The topological polar surface area (TPSA) is 103 Å². The summed E-state index contributed by atoms with van der Waals surface area (Å²) in [4.78, 5) is 11.8. The van der Waals surface area contributed by atoms with E-state index in [0.29, 0.717) is 44.3 Å². The maximum absolute atomic E-state index is 11.8. The monoisotopic (exact) mass is 402 g/mol. The highest BCUT2D eigenvalue weighted by Crippen LogP contribution is 2.23. The van der Waals surface area contributed by atoms with Gasteiger partial charge >= 0.3 is 0 Å². The molecule has 0 fully saturated rings. The molecule has 1 amide bonds. The Bertz CT molecular complexity index is 754. The summed E-state index contributed by atoms with van der Waals surface area (Å²) in [5.41, 5.74) is 6.28. The molecule has 0 aliphatic carbocycles. The van der Waals surface area contributed by atoms with E-state index in [1.165, 1.54) is 0 Å². The van der Waals surface area contributed by atoms with Crippen LogP contribution in [0.15, 0.2) is 48.5 Å². The van der Waals surface area contributed by atoms with Crippen molar-refractivity contribution in [1.82, 2.24) is 5.32 Å². The average molecular weight is 402 g/mol. The molecule has 0 aliphatic rings. The Morgan fingerprint density at radius 2 is 1.90 bits per heavy atom. The first kappa shape index (κ1) is 22.7. The van der Waals surface area contributed by atoms with Crippen molar-refractivity contribution in [3.05, 3.63) is 59.7 Å². The summed E-state index contributed by atoms with van der Waals surface area (Å²) in [6, 6.07) is 14.5. The van der Waals surface area contributed by atoms with Gasteiger partial charge in [-0.15, -0.1) is 0 Å². The molecule has 4 N–H and O–H groups in total. The van der Waals surface area contributed by atoms with E-state index in [1.807, 2.05) is 44.2 Å². The highest BCUT2D eigenvalue weighted by Gasteiger charge is 2.16. The quantitative estimate of drug-likeness (QED) is 0.444. The third-order valence-corrected chi connectivity index (χ3v) is 4.25. The van der Waals surface area contributed by atoms with E-state index in [-0.39, 0.29) is 11.6 Å². The van der Waals surface area contributed by atoms with Gasteiger partial charge in [-0.2, -0.15) is 0 Å². The lowest BCUT2D eigenvalue weighted by Gasteiger charge is -2.19. The first-order valence-corrected chi connectivity index (χ1v) is 9.74. The van der Waals surface area contributed by atoms with E-state index in [2.05, 4.69) is 5.32 Å². The Morgan fingerprint density at radius 3 is 2.59 bits per heavy atom. The fourth-order valence-corrected chi connectivity index (χ4v) is 2.66. The highest BCUT2D eigenvalue weighted by molar-refractivity contribution is 5.95. The Hall–Kier alpha value is -2.61. The van der Waals surface area contributed by atoms with Crippen LogP contribution in [0.3, 0.4) is 0 Å². The standard InChI is InChI=1S/C22H30N2O5/c1-3-27-11-12-28-21-10-9-17(13-19(21)22(23)26)20(25)14-24-16(2)15-29-18-7-5-4-6-8-18/h4-10,13,16,20,24-25H,3,11-12,14-15H2,1-2H3,(H2,23,26).